The minimum atomic E-state index is -0.0912. The van der Waals surface area contributed by atoms with E-state index in [0.717, 1.165) is 0 Å². The number of nitrogens with two attached hydrogens (primary N) is 2. The highest BCUT2D eigenvalue weighted by Crippen LogP contribution is 2.29. The van der Waals surface area contributed by atoms with Gasteiger partial charge in [0.2, 0.25) is 0 Å². The fourth-order valence-electron chi connectivity index (χ4n) is 2.92. The van der Waals surface area contributed by atoms with Crippen LogP contribution in [0.5, 0.6) is 23.0 Å². The number of hydrogen-bond acceptors (Lipinski definition) is 5. The van der Waals surface area contributed by atoms with Gasteiger partial charge in [-0.15, -0.1) is 0 Å². The normalized spacial score (nSPS) is 10.4. The van der Waals surface area contributed by atoms with Gasteiger partial charge in [0, 0.05) is 11.1 Å². The monoisotopic (exact) mass is 396 g/mol. The predicted molar refractivity (Wildman–Crippen MR) is 118 cm³/mol. The molecule has 0 aliphatic heterocycles. The maximum Gasteiger partial charge on any atom is 0.193 e. The average molecular weight is 396 g/mol. The van der Waals surface area contributed by atoms with Crippen LogP contribution in [0.1, 0.15) is 15.9 Å². The third-order valence-corrected chi connectivity index (χ3v) is 4.53. The van der Waals surface area contributed by atoms with E-state index in [-0.39, 0.29) is 5.78 Å². The molecule has 0 unspecified atom stereocenters. The van der Waals surface area contributed by atoms with Crippen molar-refractivity contribution >= 4 is 17.2 Å². The van der Waals surface area contributed by atoms with Gasteiger partial charge in [0.1, 0.15) is 23.0 Å². The molecule has 4 aromatic carbocycles. The number of para-hydroxylation sites is 4. The second-order valence-corrected chi connectivity index (χ2v) is 6.66. The molecule has 5 nitrogen and oxygen atoms in total. The van der Waals surface area contributed by atoms with Crippen LogP contribution in [0.15, 0.2) is 97.1 Å². The zero-order valence-electron chi connectivity index (χ0n) is 16.1. The number of carbonyl (C=O) groups excluding carboxylic acids is 1. The molecule has 0 aromatic heterocycles. The second-order valence-electron chi connectivity index (χ2n) is 6.66. The van der Waals surface area contributed by atoms with Crippen LogP contribution in [-0.2, 0) is 0 Å². The van der Waals surface area contributed by atoms with E-state index in [9.17, 15) is 4.79 Å². The average Bonchev–Trinajstić information content (AvgIpc) is 2.77. The van der Waals surface area contributed by atoms with Gasteiger partial charge in [0.15, 0.2) is 5.78 Å². The number of nitrogen functional groups attached to an aromatic ring is 2. The number of carbonyl (C=O) groups is 1. The Labute approximate surface area is 174 Å². The van der Waals surface area contributed by atoms with E-state index >= 15 is 0 Å². The highest BCUT2D eigenvalue weighted by Gasteiger charge is 2.10. The molecule has 0 saturated carbocycles. The Morgan fingerprint density at radius 1 is 0.533 bits per heavy atom. The fraction of sp³-hybridized carbons (Fsp3) is 0. The molecule has 0 spiro atoms. The minimum absolute atomic E-state index is 0.0912. The number of benzene rings is 4. The highest BCUT2D eigenvalue weighted by molar-refractivity contribution is 6.09. The maximum atomic E-state index is 12.8. The summed E-state index contributed by atoms with van der Waals surface area (Å²) in [6, 6.07) is 28.4. The van der Waals surface area contributed by atoms with Crippen LogP contribution in [0, 0.1) is 0 Å². The van der Waals surface area contributed by atoms with Crippen LogP contribution in [0.4, 0.5) is 11.4 Å². The topological polar surface area (TPSA) is 87.6 Å². The zero-order chi connectivity index (χ0) is 20.9. The first-order valence-electron chi connectivity index (χ1n) is 9.40. The van der Waals surface area contributed by atoms with E-state index in [1.165, 1.54) is 0 Å². The Morgan fingerprint density at radius 3 is 1.27 bits per heavy atom. The smallest absolute Gasteiger partial charge is 0.193 e. The maximum absolute atomic E-state index is 12.8. The molecule has 0 aliphatic rings. The van der Waals surface area contributed by atoms with Crippen molar-refractivity contribution in [3.63, 3.8) is 0 Å². The third kappa shape index (κ3) is 4.25. The molecule has 5 heteroatoms. The van der Waals surface area contributed by atoms with Gasteiger partial charge >= 0.3 is 0 Å². The Kier molecular flexibility index (Phi) is 5.35. The number of rotatable bonds is 6. The van der Waals surface area contributed by atoms with Crippen molar-refractivity contribution in [2.75, 3.05) is 11.5 Å². The van der Waals surface area contributed by atoms with Crippen LogP contribution in [0.25, 0.3) is 0 Å². The number of hydrogen-bond donors (Lipinski definition) is 2. The van der Waals surface area contributed by atoms with Crippen LogP contribution in [0.2, 0.25) is 0 Å². The number of ketones is 1. The first kappa shape index (κ1) is 19.1. The zero-order valence-corrected chi connectivity index (χ0v) is 16.1. The summed E-state index contributed by atoms with van der Waals surface area (Å²) >= 11 is 0. The second kappa shape index (κ2) is 8.41. The standard InChI is InChI=1S/C25H20N2O3/c26-21-5-1-3-7-23(21)29-19-13-9-17(10-14-19)25(28)18-11-15-20(16-12-18)30-24-8-4-2-6-22(24)27/h1-16H,26-27H2. The molecule has 0 heterocycles. The first-order valence-corrected chi connectivity index (χ1v) is 9.40. The van der Waals surface area contributed by atoms with Gasteiger partial charge in [-0.25, -0.2) is 0 Å². The van der Waals surface area contributed by atoms with E-state index in [1.807, 2.05) is 24.3 Å². The fourth-order valence-corrected chi connectivity index (χ4v) is 2.92. The molecule has 0 atom stereocenters. The van der Waals surface area contributed by atoms with Crippen molar-refractivity contribution in [1.82, 2.24) is 0 Å². The quantitative estimate of drug-likeness (QED) is 0.324. The van der Waals surface area contributed by atoms with E-state index in [4.69, 9.17) is 20.9 Å². The molecular weight excluding hydrogens is 376 g/mol. The molecular formula is C25H20N2O3. The molecule has 0 saturated heterocycles. The van der Waals surface area contributed by atoms with E-state index in [2.05, 4.69) is 0 Å². The summed E-state index contributed by atoms with van der Waals surface area (Å²) in [4.78, 5) is 12.8. The lowest BCUT2D eigenvalue weighted by Gasteiger charge is -2.10. The predicted octanol–water partition coefficient (Wildman–Crippen LogP) is 5.67. The van der Waals surface area contributed by atoms with Crippen LogP contribution in [0.3, 0.4) is 0 Å². The van der Waals surface area contributed by atoms with Gasteiger partial charge in [0.05, 0.1) is 11.4 Å². The molecule has 0 radical (unpaired) electrons. The Morgan fingerprint density at radius 2 is 0.900 bits per heavy atom. The lowest BCUT2D eigenvalue weighted by molar-refractivity contribution is 0.103. The van der Waals surface area contributed by atoms with Gasteiger partial charge in [0.25, 0.3) is 0 Å². The lowest BCUT2D eigenvalue weighted by Crippen LogP contribution is -2.01. The van der Waals surface area contributed by atoms with E-state index < -0.39 is 0 Å². The first-order chi connectivity index (χ1) is 14.6. The van der Waals surface area contributed by atoms with Crippen molar-refractivity contribution in [2.24, 2.45) is 0 Å². The SMILES string of the molecule is Nc1ccccc1Oc1ccc(C(=O)c2ccc(Oc3ccccc3N)cc2)cc1. The van der Waals surface area contributed by atoms with Gasteiger partial charge in [-0.3, -0.25) is 4.79 Å². The van der Waals surface area contributed by atoms with Crippen LogP contribution >= 0.6 is 0 Å². The Balaban J connectivity index is 1.45. The summed E-state index contributed by atoms with van der Waals surface area (Å²) in [5.41, 5.74) is 14.0. The highest BCUT2D eigenvalue weighted by atomic mass is 16.5. The van der Waals surface area contributed by atoms with Crippen molar-refractivity contribution in [2.45, 2.75) is 0 Å². The summed E-state index contributed by atoms with van der Waals surface area (Å²) in [6.07, 6.45) is 0. The van der Waals surface area contributed by atoms with Crippen LogP contribution in [-0.4, -0.2) is 5.78 Å². The third-order valence-electron chi connectivity index (χ3n) is 4.53. The molecule has 0 fully saturated rings. The molecule has 4 aromatic rings. The lowest BCUT2D eigenvalue weighted by atomic mass is 10.0. The Hall–Kier alpha value is -4.25. The molecule has 30 heavy (non-hydrogen) atoms. The van der Waals surface area contributed by atoms with Gasteiger partial charge in [-0.05, 0) is 72.8 Å². The van der Waals surface area contributed by atoms with Crippen molar-refractivity contribution in [3.8, 4) is 23.0 Å². The van der Waals surface area contributed by atoms with E-state index in [1.54, 1.807) is 72.8 Å². The number of ether oxygens (including phenoxy) is 2. The Bertz CT molecular complexity index is 1080. The minimum Gasteiger partial charge on any atom is -0.455 e. The van der Waals surface area contributed by atoms with Gasteiger partial charge in [-0.1, -0.05) is 24.3 Å². The van der Waals surface area contributed by atoms with Crippen LogP contribution < -0.4 is 20.9 Å². The van der Waals surface area contributed by atoms with E-state index in [0.29, 0.717) is 45.5 Å². The summed E-state index contributed by atoms with van der Waals surface area (Å²) < 4.78 is 11.5. The molecule has 0 amide bonds. The largest absolute Gasteiger partial charge is 0.455 e. The summed E-state index contributed by atoms with van der Waals surface area (Å²) in [5, 5.41) is 0. The van der Waals surface area contributed by atoms with Gasteiger partial charge < -0.3 is 20.9 Å². The molecule has 4 rings (SSSR count). The van der Waals surface area contributed by atoms with Crippen molar-refractivity contribution in [3.05, 3.63) is 108 Å². The van der Waals surface area contributed by atoms with Crippen molar-refractivity contribution in [1.29, 1.82) is 0 Å². The summed E-state index contributed by atoms with van der Waals surface area (Å²) in [7, 11) is 0. The van der Waals surface area contributed by atoms with Crippen molar-refractivity contribution < 1.29 is 14.3 Å². The molecule has 148 valence electrons. The van der Waals surface area contributed by atoms with Gasteiger partial charge in [-0.2, -0.15) is 0 Å². The molecule has 0 aliphatic carbocycles. The molecule has 4 N–H and O–H groups in total. The summed E-state index contributed by atoms with van der Waals surface area (Å²) in [6.45, 7) is 0. The molecule has 0 bridgehead atoms. The number of anilines is 2. The summed E-state index contributed by atoms with van der Waals surface area (Å²) in [5.74, 6) is 2.27.